The van der Waals surface area contributed by atoms with Crippen molar-refractivity contribution < 1.29 is 0 Å². The number of anilines is 1. The van der Waals surface area contributed by atoms with Crippen LogP contribution in [0.5, 0.6) is 0 Å². The zero-order valence-corrected chi connectivity index (χ0v) is 18.0. The molecule has 2 fully saturated rings. The topological polar surface area (TPSA) is 15.3 Å². The molecule has 2 saturated carbocycles. The van der Waals surface area contributed by atoms with Crippen LogP contribution in [0.2, 0.25) is 0 Å². The van der Waals surface area contributed by atoms with E-state index in [2.05, 4.69) is 58.8 Å². The quantitative estimate of drug-likeness (QED) is 0.577. The van der Waals surface area contributed by atoms with Gasteiger partial charge in [-0.05, 0) is 62.1 Å². The number of allylic oxidation sites excluding steroid dienone is 3. The van der Waals surface area contributed by atoms with Gasteiger partial charge in [0.25, 0.3) is 0 Å². The van der Waals surface area contributed by atoms with Gasteiger partial charge in [-0.3, -0.25) is 0 Å². The summed E-state index contributed by atoms with van der Waals surface area (Å²) in [7, 11) is 0. The molecule has 7 unspecified atom stereocenters. The molecule has 0 spiro atoms. The van der Waals surface area contributed by atoms with Crippen LogP contribution < -0.4 is 10.2 Å². The molecule has 2 nitrogen and oxygen atoms in total. The van der Waals surface area contributed by atoms with Gasteiger partial charge in [-0.15, -0.1) is 0 Å². The van der Waals surface area contributed by atoms with Crippen molar-refractivity contribution in [3.8, 4) is 0 Å². The summed E-state index contributed by atoms with van der Waals surface area (Å²) < 4.78 is 0. The highest BCUT2D eigenvalue weighted by molar-refractivity contribution is 5.64. The van der Waals surface area contributed by atoms with Crippen molar-refractivity contribution >= 4 is 5.69 Å². The Labute approximate surface area is 181 Å². The standard InChI is InChI=1S/C28H34N2/c1-2-8-18(9-3-1)30-26-13-7-5-11-20(26)23-16-15-22-24(28(23)30)17-14-21-19-10-4-6-12-25(19)29-27(21)22/h1-2,5,7,11,13-14,17-19,22-25,28-29H,3-4,6,8-10,12,15-16H2. The van der Waals surface area contributed by atoms with Gasteiger partial charge in [0.1, 0.15) is 0 Å². The molecule has 0 radical (unpaired) electrons. The lowest BCUT2D eigenvalue weighted by atomic mass is 9.65. The molecule has 0 aromatic heterocycles. The van der Waals surface area contributed by atoms with Gasteiger partial charge in [0.15, 0.2) is 0 Å². The predicted octanol–water partition coefficient (Wildman–Crippen LogP) is 6.08. The normalized spacial score (nSPS) is 40.9. The van der Waals surface area contributed by atoms with Gasteiger partial charge in [-0.2, -0.15) is 0 Å². The largest absolute Gasteiger partial charge is 0.385 e. The van der Waals surface area contributed by atoms with Crippen LogP contribution in [0.25, 0.3) is 0 Å². The lowest BCUT2D eigenvalue weighted by Crippen LogP contribution is -2.51. The second-order valence-corrected chi connectivity index (χ2v) is 10.6. The summed E-state index contributed by atoms with van der Waals surface area (Å²) in [5.41, 5.74) is 6.55. The van der Waals surface area contributed by atoms with Crippen molar-refractivity contribution in [2.75, 3.05) is 4.90 Å². The zero-order valence-electron chi connectivity index (χ0n) is 18.0. The number of hydrogen-bond donors (Lipinski definition) is 1. The summed E-state index contributed by atoms with van der Waals surface area (Å²) in [6.07, 6.45) is 22.1. The van der Waals surface area contributed by atoms with Crippen LogP contribution >= 0.6 is 0 Å². The monoisotopic (exact) mass is 398 g/mol. The van der Waals surface area contributed by atoms with E-state index in [9.17, 15) is 0 Å². The second kappa shape index (κ2) is 6.77. The first-order chi connectivity index (χ1) is 14.9. The van der Waals surface area contributed by atoms with Crippen LogP contribution in [-0.4, -0.2) is 18.1 Å². The Balaban J connectivity index is 1.27. The smallest absolute Gasteiger partial charge is 0.0431 e. The summed E-state index contributed by atoms with van der Waals surface area (Å²) in [5, 5.41) is 4.09. The highest BCUT2D eigenvalue weighted by Gasteiger charge is 2.52. The molecule has 0 bridgehead atoms. The van der Waals surface area contributed by atoms with Crippen LogP contribution in [0.3, 0.4) is 0 Å². The van der Waals surface area contributed by atoms with Crippen molar-refractivity contribution in [2.45, 2.75) is 81.8 Å². The van der Waals surface area contributed by atoms with Gasteiger partial charge >= 0.3 is 0 Å². The number of nitrogens with one attached hydrogen (secondary N) is 1. The van der Waals surface area contributed by atoms with Gasteiger partial charge in [0, 0.05) is 53.2 Å². The Kier molecular flexibility index (Phi) is 3.99. The minimum atomic E-state index is 0.646. The van der Waals surface area contributed by atoms with Gasteiger partial charge < -0.3 is 10.2 Å². The van der Waals surface area contributed by atoms with Gasteiger partial charge in [-0.1, -0.05) is 55.3 Å². The molecule has 156 valence electrons. The van der Waals surface area contributed by atoms with E-state index in [1.807, 2.05) is 0 Å². The first kappa shape index (κ1) is 17.7. The van der Waals surface area contributed by atoms with E-state index in [0.717, 1.165) is 12.0 Å². The summed E-state index contributed by atoms with van der Waals surface area (Å²) in [6, 6.07) is 11.4. The van der Waals surface area contributed by atoms with Crippen LogP contribution in [0.1, 0.15) is 69.3 Å². The summed E-state index contributed by atoms with van der Waals surface area (Å²) >= 11 is 0. The van der Waals surface area contributed by atoms with Crippen LogP contribution in [0, 0.1) is 17.8 Å². The van der Waals surface area contributed by atoms with Gasteiger partial charge in [0.2, 0.25) is 0 Å². The average Bonchev–Trinajstić information content (AvgIpc) is 3.36. The highest BCUT2D eigenvalue weighted by atomic mass is 15.2. The highest BCUT2D eigenvalue weighted by Crippen LogP contribution is 2.57. The molecule has 30 heavy (non-hydrogen) atoms. The molecule has 7 rings (SSSR count). The zero-order chi connectivity index (χ0) is 19.7. The molecule has 2 heterocycles. The van der Waals surface area contributed by atoms with E-state index in [0.29, 0.717) is 29.8 Å². The SMILES string of the molecule is C1=CCC(N2c3ccccc3C3CCC4C5=C(C=CC4C32)C2CCCCC2N5)CC1. The summed E-state index contributed by atoms with van der Waals surface area (Å²) in [6.45, 7) is 0. The molecular formula is C28H34N2. The van der Waals surface area contributed by atoms with E-state index in [1.165, 1.54) is 57.8 Å². The Morgan fingerprint density at radius 3 is 2.70 bits per heavy atom. The fourth-order valence-corrected chi connectivity index (χ4v) is 8.11. The third-order valence-electron chi connectivity index (χ3n) is 9.32. The van der Waals surface area contributed by atoms with E-state index < -0.39 is 0 Å². The van der Waals surface area contributed by atoms with Gasteiger partial charge in [-0.25, -0.2) is 0 Å². The number of nitrogens with zero attached hydrogens (tertiary/aromatic N) is 1. The maximum Gasteiger partial charge on any atom is 0.0431 e. The van der Waals surface area contributed by atoms with E-state index in [1.54, 1.807) is 22.5 Å². The Morgan fingerprint density at radius 2 is 1.77 bits per heavy atom. The summed E-state index contributed by atoms with van der Waals surface area (Å²) in [4.78, 5) is 2.90. The fourth-order valence-electron chi connectivity index (χ4n) is 8.11. The molecular weight excluding hydrogens is 364 g/mol. The minimum Gasteiger partial charge on any atom is -0.385 e. The van der Waals surface area contributed by atoms with Crippen LogP contribution in [0.4, 0.5) is 5.69 Å². The van der Waals surface area contributed by atoms with Crippen molar-refractivity contribution in [3.05, 3.63) is 65.4 Å². The lowest BCUT2D eigenvalue weighted by molar-refractivity contribution is 0.230. The Morgan fingerprint density at radius 1 is 0.867 bits per heavy atom. The molecule has 1 aromatic rings. The molecule has 6 aliphatic rings. The van der Waals surface area contributed by atoms with E-state index >= 15 is 0 Å². The number of rotatable bonds is 1. The number of benzene rings is 1. The van der Waals surface area contributed by atoms with Gasteiger partial charge in [0.05, 0.1) is 0 Å². The molecule has 4 aliphatic carbocycles. The first-order valence-electron chi connectivity index (χ1n) is 12.6. The molecule has 7 atom stereocenters. The van der Waals surface area contributed by atoms with Crippen molar-refractivity contribution in [3.63, 3.8) is 0 Å². The third kappa shape index (κ3) is 2.43. The predicted molar refractivity (Wildman–Crippen MR) is 123 cm³/mol. The first-order valence-corrected chi connectivity index (χ1v) is 12.6. The molecule has 0 amide bonds. The summed E-state index contributed by atoms with van der Waals surface area (Å²) in [5.74, 6) is 2.88. The van der Waals surface area contributed by atoms with E-state index in [-0.39, 0.29) is 0 Å². The lowest BCUT2D eigenvalue weighted by Gasteiger charge is -2.48. The van der Waals surface area contributed by atoms with E-state index in [4.69, 9.17) is 0 Å². The number of fused-ring (bicyclic) bond motifs is 8. The maximum atomic E-state index is 4.09. The molecule has 1 aromatic carbocycles. The molecule has 2 aliphatic heterocycles. The average molecular weight is 399 g/mol. The molecule has 0 saturated heterocycles. The maximum absolute atomic E-state index is 4.09. The minimum absolute atomic E-state index is 0.646. The molecule has 1 N–H and O–H groups in total. The second-order valence-electron chi connectivity index (χ2n) is 10.6. The van der Waals surface area contributed by atoms with Crippen LogP contribution in [-0.2, 0) is 0 Å². The van der Waals surface area contributed by atoms with Crippen molar-refractivity contribution in [1.82, 2.24) is 5.32 Å². The number of para-hydroxylation sites is 1. The third-order valence-corrected chi connectivity index (χ3v) is 9.32. The Bertz CT molecular complexity index is 940. The van der Waals surface area contributed by atoms with Crippen LogP contribution in [0.15, 0.2) is 59.8 Å². The van der Waals surface area contributed by atoms with Crippen molar-refractivity contribution in [1.29, 1.82) is 0 Å². The Hall–Kier alpha value is -1.96. The number of hydrogen-bond acceptors (Lipinski definition) is 2. The molecule has 2 heteroatoms. The fraction of sp³-hybridized carbons (Fsp3) is 0.571. The van der Waals surface area contributed by atoms with Crippen molar-refractivity contribution in [2.24, 2.45) is 17.8 Å².